The molecule has 0 aliphatic carbocycles. The number of aliphatic hydroxyl groups is 1. The van der Waals surface area contributed by atoms with Gasteiger partial charge in [0.15, 0.2) is 0 Å². The highest BCUT2D eigenvalue weighted by Crippen LogP contribution is 2.40. The Labute approximate surface area is 133 Å². The minimum absolute atomic E-state index is 0.222. The van der Waals surface area contributed by atoms with Crippen molar-refractivity contribution in [2.24, 2.45) is 4.99 Å². The lowest BCUT2D eigenvalue weighted by molar-refractivity contribution is -0.226. The van der Waals surface area contributed by atoms with Gasteiger partial charge >= 0.3 is 6.03 Å². The smallest absolute Gasteiger partial charge is 0.339 e. The van der Waals surface area contributed by atoms with Crippen LogP contribution in [0.15, 0.2) is 35.3 Å². The summed E-state index contributed by atoms with van der Waals surface area (Å²) in [7, 11) is 0. The molecule has 1 N–H and O–H groups in total. The molecule has 0 saturated carbocycles. The van der Waals surface area contributed by atoms with Gasteiger partial charge in [-0.25, -0.2) is 14.8 Å². The molecule has 2 atom stereocenters. The number of amides is 3. The molecule has 0 bridgehead atoms. The van der Waals surface area contributed by atoms with Crippen molar-refractivity contribution in [3.8, 4) is 0 Å². The summed E-state index contributed by atoms with van der Waals surface area (Å²) in [6.07, 6.45) is 1.44. The van der Waals surface area contributed by atoms with Gasteiger partial charge in [0, 0.05) is 6.54 Å². The summed E-state index contributed by atoms with van der Waals surface area (Å²) in [5.41, 5.74) is 1.12. The topological polar surface area (TPSA) is 76.5 Å². The summed E-state index contributed by atoms with van der Waals surface area (Å²) in [5, 5.41) is 13.5. The largest absolute Gasteiger partial charge is 0.350 e. The van der Waals surface area contributed by atoms with Crippen LogP contribution in [0, 0.1) is 0 Å². The fourth-order valence-corrected chi connectivity index (χ4v) is 3.67. The highest BCUT2D eigenvalue weighted by atomic mass is 16.4. The molecule has 0 radical (unpaired) electrons. The molecule has 3 amide bonds. The summed E-state index contributed by atoms with van der Waals surface area (Å²) in [6, 6.07) is 8.70. The predicted octanol–water partition coefficient (Wildman–Crippen LogP) is 0.951. The Morgan fingerprint density at radius 3 is 2.78 bits per heavy atom. The first kappa shape index (κ1) is 14.2. The van der Waals surface area contributed by atoms with Gasteiger partial charge in [0.2, 0.25) is 0 Å². The van der Waals surface area contributed by atoms with Gasteiger partial charge in [-0.15, -0.1) is 0 Å². The van der Waals surface area contributed by atoms with E-state index in [1.807, 2.05) is 30.3 Å². The lowest BCUT2D eigenvalue weighted by atomic mass is 10.1. The van der Waals surface area contributed by atoms with Gasteiger partial charge in [-0.2, -0.15) is 5.01 Å². The molecular weight excluding hydrogens is 296 g/mol. The average Bonchev–Trinajstić information content (AvgIpc) is 3.11. The summed E-state index contributed by atoms with van der Waals surface area (Å²) < 4.78 is 0. The molecule has 2 fully saturated rings. The van der Waals surface area contributed by atoms with E-state index in [1.165, 1.54) is 5.01 Å². The number of aliphatic imine (C=N–C) groups is 1. The van der Waals surface area contributed by atoms with Gasteiger partial charge < -0.3 is 10.0 Å². The number of hydrogen-bond acceptors (Lipinski definition) is 4. The molecule has 0 aromatic heterocycles. The lowest BCUT2D eigenvalue weighted by Crippen LogP contribution is -2.72. The van der Waals surface area contributed by atoms with E-state index in [0.29, 0.717) is 13.0 Å². The van der Waals surface area contributed by atoms with Crippen LogP contribution in [0.5, 0.6) is 0 Å². The molecule has 0 spiro atoms. The van der Waals surface area contributed by atoms with Crippen LogP contribution in [0.3, 0.4) is 0 Å². The monoisotopic (exact) mass is 314 g/mol. The molecule has 1 aromatic carbocycles. The standard InChI is InChI=1S/C16H18N4O3/c1-11-14(21)20-16(23,17-11)13-8-5-9-18(13)15(22)19(20)10-12-6-3-2-4-7-12/h2-4,6-7,13,23H,5,8-10H2,1H3/t13-,16-/m0/s1. The fourth-order valence-electron chi connectivity index (χ4n) is 3.67. The molecule has 2 saturated heterocycles. The third-order valence-electron chi connectivity index (χ3n) is 4.73. The molecule has 23 heavy (non-hydrogen) atoms. The van der Waals surface area contributed by atoms with Crippen LogP contribution >= 0.6 is 0 Å². The van der Waals surface area contributed by atoms with Crippen molar-refractivity contribution < 1.29 is 14.7 Å². The van der Waals surface area contributed by atoms with Crippen molar-refractivity contribution in [3.63, 3.8) is 0 Å². The first-order valence-corrected chi connectivity index (χ1v) is 7.78. The van der Waals surface area contributed by atoms with Crippen molar-refractivity contribution in [3.05, 3.63) is 35.9 Å². The van der Waals surface area contributed by atoms with Gasteiger partial charge in [-0.3, -0.25) is 4.79 Å². The second kappa shape index (κ2) is 4.79. The minimum atomic E-state index is -1.68. The van der Waals surface area contributed by atoms with E-state index in [0.717, 1.165) is 17.0 Å². The van der Waals surface area contributed by atoms with Gasteiger partial charge in [0.05, 0.1) is 6.54 Å². The predicted molar refractivity (Wildman–Crippen MR) is 82.0 cm³/mol. The van der Waals surface area contributed by atoms with Crippen LogP contribution in [0.4, 0.5) is 4.79 Å². The van der Waals surface area contributed by atoms with Crippen LogP contribution in [-0.4, -0.2) is 56.1 Å². The Hall–Kier alpha value is -2.41. The highest BCUT2D eigenvalue weighted by molar-refractivity contribution is 6.39. The van der Waals surface area contributed by atoms with Crippen molar-refractivity contribution >= 4 is 17.6 Å². The first-order chi connectivity index (χ1) is 11.0. The second-order valence-corrected chi connectivity index (χ2v) is 6.18. The normalized spacial score (nSPS) is 29.7. The molecule has 0 unspecified atom stereocenters. The molecule has 3 aliphatic heterocycles. The SMILES string of the molecule is CC1=N[C@@]2(O)[C@@H]3CCCN3C(=O)N(Cc3ccccc3)N2C1=O. The number of rotatable bonds is 2. The van der Waals surface area contributed by atoms with Crippen LogP contribution in [0.1, 0.15) is 25.3 Å². The van der Waals surface area contributed by atoms with Gasteiger partial charge in [0.25, 0.3) is 11.8 Å². The second-order valence-electron chi connectivity index (χ2n) is 6.18. The Morgan fingerprint density at radius 2 is 2.04 bits per heavy atom. The van der Waals surface area contributed by atoms with Crippen LogP contribution in [0.2, 0.25) is 0 Å². The maximum Gasteiger partial charge on any atom is 0.339 e. The van der Waals surface area contributed by atoms with E-state index in [4.69, 9.17) is 0 Å². The van der Waals surface area contributed by atoms with Crippen molar-refractivity contribution in [2.45, 2.75) is 38.2 Å². The number of carbonyl (C=O) groups excluding carboxylic acids is 2. The quantitative estimate of drug-likeness (QED) is 0.883. The number of nitrogens with zero attached hydrogens (tertiary/aromatic N) is 4. The maximum atomic E-state index is 12.8. The zero-order valence-corrected chi connectivity index (χ0v) is 12.8. The van der Waals surface area contributed by atoms with Crippen molar-refractivity contribution in [2.75, 3.05) is 6.54 Å². The van der Waals surface area contributed by atoms with Gasteiger partial charge in [-0.05, 0) is 25.3 Å². The van der Waals surface area contributed by atoms with E-state index in [9.17, 15) is 14.7 Å². The summed E-state index contributed by atoms with van der Waals surface area (Å²) in [4.78, 5) is 31.2. The number of carbonyl (C=O) groups is 2. The van der Waals surface area contributed by atoms with Crippen molar-refractivity contribution in [1.82, 2.24) is 14.9 Å². The molecule has 4 rings (SSSR count). The number of benzene rings is 1. The van der Waals surface area contributed by atoms with E-state index in [2.05, 4.69) is 4.99 Å². The average molecular weight is 314 g/mol. The zero-order valence-electron chi connectivity index (χ0n) is 12.8. The van der Waals surface area contributed by atoms with Gasteiger partial charge in [-0.1, -0.05) is 30.3 Å². The van der Waals surface area contributed by atoms with E-state index < -0.39 is 17.8 Å². The fraction of sp³-hybridized carbons (Fsp3) is 0.438. The van der Waals surface area contributed by atoms with Crippen LogP contribution < -0.4 is 0 Å². The highest BCUT2D eigenvalue weighted by Gasteiger charge is 2.62. The summed E-state index contributed by atoms with van der Waals surface area (Å²) in [5.74, 6) is -2.09. The Kier molecular flexibility index (Phi) is 2.96. The van der Waals surface area contributed by atoms with E-state index >= 15 is 0 Å². The number of fused-ring (bicyclic) bond motifs is 3. The molecule has 7 heteroatoms. The summed E-state index contributed by atoms with van der Waals surface area (Å²) >= 11 is 0. The third kappa shape index (κ3) is 1.89. The first-order valence-electron chi connectivity index (χ1n) is 7.78. The maximum absolute atomic E-state index is 12.8. The molecule has 7 nitrogen and oxygen atoms in total. The zero-order chi connectivity index (χ0) is 16.2. The molecular formula is C16H18N4O3. The number of hydrazine groups is 1. The van der Waals surface area contributed by atoms with Gasteiger partial charge in [0.1, 0.15) is 11.8 Å². The van der Waals surface area contributed by atoms with Crippen LogP contribution in [-0.2, 0) is 11.3 Å². The third-order valence-corrected chi connectivity index (χ3v) is 4.73. The minimum Gasteiger partial charge on any atom is -0.350 e. The lowest BCUT2D eigenvalue weighted by Gasteiger charge is -2.50. The number of urea groups is 1. The summed E-state index contributed by atoms with van der Waals surface area (Å²) in [6.45, 7) is 2.37. The number of hydrogen-bond donors (Lipinski definition) is 1. The molecule has 1 aromatic rings. The van der Waals surface area contributed by atoms with Crippen molar-refractivity contribution in [1.29, 1.82) is 0 Å². The van der Waals surface area contributed by atoms with E-state index in [1.54, 1.807) is 11.8 Å². The molecule has 3 heterocycles. The Balaban J connectivity index is 1.76. The van der Waals surface area contributed by atoms with E-state index in [-0.39, 0.29) is 18.3 Å². The van der Waals surface area contributed by atoms with Crippen LogP contribution in [0.25, 0.3) is 0 Å². The molecule has 3 aliphatic rings. The Bertz CT molecular complexity index is 705. The Morgan fingerprint density at radius 1 is 1.30 bits per heavy atom. The molecule has 120 valence electrons.